The molecule has 0 bridgehead atoms. The van der Waals surface area contributed by atoms with Crippen LogP contribution >= 0.6 is 0 Å². The number of halogens is 1. The van der Waals surface area contributed by atoms with Gasteiger partial charge in [0.25, 0.3) is 11.8 Å². The summed E-state index contributed by atoms with van der Waals surface area (Å²) in [5, 5.41) is 10.9. The second-order valence-electron chi connectivity index (χ2n) is 5.24. The Kier molecular flexibility index (Phi) is 6.64. The molecule has 142 valence electrons. The smallest absolute Gasteiger partial charge is 0.310 e. The van der Waals surface area contributed by atoms with Crippen molar-refractivity contribution in [1.82, 2.24) is 10.9 Å². The molecule has 27 heavy (non-hydrogen) atoms. The molecule has 2 aromatic carbocycles. The van der Waals surface area contributed by atoms with Crippen LogP contribution in [-0.4, -0.2) is 29.4 Å². The summed E-state index contributed by atoms with van der Waals surface area (Å²) >= 11 is 0. The van der Waals surface area contributed by atoms with E-state index in [1.165, 1.54) is 49.4 Å². The summed E-state index contributed by atoms with van der Waals surface area (Å²) in [6.45, 7) is 0.811. The fraction of sp³-hybridized carbons (Fsp3) is 0.176. The zero-order valence-corrected chi connectivity index (χ0v) is 14.2. The standard InChI is InChI=1S/C17H16FN3O6/c1-11(27-14-8-4-2-6-12(14)18)17(23)20-19-16(22)10-26-15-9-5-3-7-13(15)21(24)25/h2-9,11H,10H2,1H3,(H,19,22)(H,20,23)/t11-/m0/s1. The number of ether oxygens (including phenoxy) is 2. The van der Waals surface area contributed by atoms with Crippen LogP contribution in [0.1, 0.15) is 6.92 Å². The van der Waals surface area contributed by atoms with Gasteiger partial charge in [-0.05, 0) is 25.1 Å². The predicted molar refractivity (Wildman–Crippen MR) is 91.4 cm³/mol. The number of nitrogens with zero attached hydrogens (tertiary/aromatic N) is 1. The Morgan fingerprint density at radius 3 is 2.41 bits per heavy atom. The van der Waals surface area contributed by atoms with E-state index in [0.717, 1.165) is 0 Å². The maximum absolute atomic E-state index is 13.5. The molecule has 0 aromatic heterocycles. The molecule has 0 unspecified atom stereocenters. The lowest BCUT2D eigenvalue weighted by atomic mass is 10.3. The zero-order chi connectivity index (χ0) is 19.8. The Labute approximate surface area is 153 Å². The minimum atomic E-state index is -1.08. The molecule has 0 spiro atoms. The van der Waals surface area contributed by atoms with Gasteiger partial charge in [0.2, 0.25) is 0 Å². The van der Waals surface area contributed by atoms with Crippen molar-refractivity contribution in [3.05, 3.63) is 64.5 Å². The van der Waals surface area contributed by atoms with Crippen LogP contribution in [0.25, 0.3) is 0 Å². The highest BCUT2D eigenvalue weighted by Crippen LogP contribution is 2.25. The third-order valence-electron chi connectivity index (χ3n) is 3.26. The maximum Gasteiger partial charge on any atom is 0.310 e. The first kappa shape index (κ1) is 19.6. The van der Waals surface area contributed by atoms with Gasteiger partial charge in [-0.2, -0.15) is 0 Å². The zero-order valence-electron chi connectivity index (χ0n) is 14.2. The Balaban J connectivity index is 1.80. The summed E-state index contributed by atoms with van der Waals surface area (Å²) in [4.78, 5) is 33.8. The summed E-state index contributed by atoms with van der Waals surface area (Å²) in [5.74, 6) is -2.29. The highest BCUT2D eigenvalue weighted by Gasteiger charge is 2.18. The van der Waals surface area contributed by atoms with Crippen molar-refractivity contribution < 1.29 is 28.4 Å². The minimum Gasteiger partial charge on any atom is -0.478 e. The molecule has 0 aliphatic heterocycles. The van der Waals surface area contributed by atoms with Gasteiger partial charge in [-0.3, -0.25) is 30.6 Å². The highest BCUT2D eigenvalue weighted by atomic mass is 19.1. The van der Waals surface area contributed by atoms with Crippen LogP contribution in [0.15, 0.2) is 48.5 Å². The van der Waals surface area contributed by atoms with Gasteiger partial charge in [0.05, 0.1) is 4.92 Å². The molecule has 2 amide bonds. The van der Waals surface area contributed by atoms with Crippen LogP contribution in [0.3, 0.4) is 0 Å². The van der Waals surface area contributed by atoms with E-state index in [1.807, 2.05) is 0 Å². The van der Waals surface area contributed by atoms with Crippen LogP contribution < -0.4 is 20.3 Å². The summed E-state index contributed by atoms with van der Waals surface area (Å²) < 4.78 is 23.7. The topological polar surface area (TPSA) is 120 Å². The van der Waals surface area contributed by atoms with Gasteiger partial charge in [-0.25, -0.2) is 4.39 Å². The number of carbonyl (C=O) groups is 2. The van der Waals surface area contributed by atoms with E-state index in [9.17, 15) is 24.1 Å². The van der Waals surface area contributed by atoms with E-state index in [-0.39, 0.29) is 17.2 Å². The van der Waals surface area contributed by atoms with E-state index >= 15 is 0 Å². The molecule has 1 atom stereocenters. The van der Waals surface area contributed by atoms with Gasteiger partial charge in [-0.1, -0.05) is 24.3 Å². The number of benzene rings is 2. The van der Waals surface area contributed by atoms with Gasteiger partial charge in [0, 0.05) is 6.07 Å². The molecule has 0 saturated heterocycles. The first-order valence-electron chi connectivity index (χ1n) is 7.74. The van der Waals surface area contributed by atoms with Crippen molar-refractivity contribution in [1.29, 1.82) is 0 Å². The molecule has 2 aromatic rings. The molecule has 0 aliphatic rings. The number of hydrazine groups is 1. The Bertz CT molecular complexity index is 845. The molecule has 0 fully saturated rings. The third kappa shape index (κ3) is 5.66. The Hall–Kier alpha value is -3.69. The number of amides is 2. The number of nitro benzene ring substituents is 1. The van der Waals surface area contributed by atoms with Crippen molar-refractivity contribution in [3.63, 3.8) is 0 Å². The number of nitro groups is 1. The van der Waals surface area contributed by atoms with Crippen LogP contribution in [0, 0.1) is 15.9 Å². The van der Waals surface area contributed by atoms with Crippen molar-refractivity contribution in [3.8, 4) is 11.5 Å². The Morgan fingerprint density at radius 2 is 1.74 bits per heavy atom. The van der Waals surface area contributed by atoms with Crippen LogP contribution in [-0.2, 0) is 9.59 Å². The summed E-state index contributed by atoms with van der Waals surface area (Å²) in [6, 6.07) is 11.1. The van der Waals surface area contributed by atoms with Crippen molar-refractivity contribution >= 4 is 17.5 Å². The second kappa shape index (κ2) is 9.13. The maximum atomic E-state index is 13.5. The van der Waals surface area contributed by atoms with Crippen LogP contribution in [0.2, 0.25) is 0 Å². The minimum absolute atomic E-state index is 0.0831. The summed E-state index contributed by atoms with van der Waals surface area (Å²) in [7, 11) is 0. The SMILES string of the molecule is C[C@H](Oc1ccccc1F)C(=O)NNC(=O)COc1ccccc1[N+](=O)[O-]. The largest absolute Gasteiger partial charge is 0.478 e. The molecule has 2 rings (SSSR count). The Morgan fingerprint density at radius 1 is 1.11 bits per heavy atom. The molecular weight excluding hydrogens is 361 g/mol. The van der Waals surface area contributed by atoms with E-state index in [2.05, 4.69) is 10.9 Å². The fourth-order valence-corrected chi connectivity index (χ4v) is 1.93. The molecule has 0 aliphatic carbocycles. The van der Waals surface area contributed by atoms with Crippen molar-refractivity contribution in [2.45, 2.75) is 13.0 Å². The van der Waals surface area contributed by atoms with Gasteiger partial charge < -0.3 is 9.47 Å². The van der Waals surface area contributed by atoms with E-state index in [1.54, 1.807) is 6.07 Å². The molecule has 2 N–H and O–H groups in total. The highest BCUT2D eigenvalue weighted by molar-refractivity contribution is 5.85. The summed E-state index contributed by atoms with van der Waals surface area (Å²) in [6.07, 6.45) is -1.08. The van der Waals surface area contributed by atoms with Crippen LogP contribution in [0.5, 0.6) is 11.5 Å². The number of nitrogens with one attached hydrogen (secondary N) is 2. The molecule has 0 radical (unpaired) electrons. The predicted octanol–water partition coefficient (Wildman–Crippen LogP) is 1.73. The van der Waals surface area contributed by atoms with E-state index < -0.39 is 35.3 Å². The van der Waals surface area contributed by atoms with Gasteiger partial charge in [0.1, 0.15) is 0 Å². The molecule has 10 heteroatoms. The van der Waals surface area contributed by atoms with Crippen molar-refractivity contribution in [2.24, 2.45) is 0 Å². The second-order valence-corrected chi connectivity index (χ2v) is 5.24. The van der Waals surface area contributed by atoms with E-state index in [4.69, 9.17) is 9.47 Å². The monoisotopic (exact) mass is 377 g/mol. The summed E-state index contributed by atoms with van der Waals surface area (Å²) in [5.41, 5.74) is 3.88. The number of para-hydroxylation sites is 3. The molecular formula is C17H16FN3O6. The third-order valence-corrected chi connectivity index (χ3v) is 3.26. The first-order valence-corrected chi connectivity index (χ1v) is 7.74. The normalized spacial score (nSPS) is 11.2. The molecule has 9 nitrogen and oxygen atoms in total. The fourth-order valence-electron chi connectivity index (χ4n) is 1.93. The number of hydrogen-bond donors (Lipinski definition) is 2. The lowest BCUT2D eigenvalue weighted by Crippen LogP contribution is -2.48. The van der Waals surface area contributed by atoms with Gasteiger partial charge in [-0.15, -0.1) is 0 Å². The number of carbonyl (C=O) groups excluding carboxylic acids is 2. The molecule has 0 saturated carbocycles. The quantitative estimate of drug-likeness (QED) is 0.560. The van der Waals surface area contributed by atoms with E-state index in [0.29, 0.717) is 0 Å². The number of hydrogen-bond acceptors (Lipinski definition) is 6. The van der Waals surface area contributed by atoms with Crippen LogP contribution in [0.4, 0.5) is 10.1 Å². The average molecular weight is 377 g/mol. The first-order chi connectivity index (χ1) is 12.9. The lowest BCUT2D eigenvalue weighted by Gasteiger charge is -2.15. The lowest BCUT2D eigenvalue weighted by molar-refractivity contribution is -0.385. The number of rotatable bonds is 7. The van der Waals surface area contributed by atoms with Gasteiger partial charge in [0.15, 0.2) is 30.0 Å². The van der Waals surface area contributed by atoms with Crippen molar-refractivity contribution in [2.75, 3.05) is 6.61 Å². The average Bonchev–Trinajstić information content (AvgIpc) is 2.66. The molecule has 0 heterocycles. The van der Waals surface area contributed by atoms with Gasteiger partial charge >= 0.3 is 5.69 Å².